The van der Waals surface area contributed by atoms with Gasteiger partial charge in [-0.2, -0.15) is 0 Å². The van der Waals surface area contributed by atoms with Crippen LogP contribution >= 0.6 is 0 Å². The fraction of sp³-hybridized carbons (Fsp3) is 0.158. The molecule has 26 heavy (non-hydrogen) atoms. The Kier molecular flexibility index (Phi) is 4.88. The summed E-state index contributed by atoms with van der Waals surface area (Å²) in [5.74, 6) is -5.57. The monoisotopic (exact) mass is 365 g/mol. The average molecular weight is 365 g/mol. The highest BCUT2D eigenvalue weighted by Crippen LogP contribution is 2.38. The second-order valence-electron chi connectivity index (χ2n) is 5.53. The van der Waals surface area contributed by atoms with Gasteiger partial charge in [-0.1, -0.05) is 6.07 Å². The molecule has 0 saturated carbocycles. The van der Waals surface area contributed by atoms with Gasteiger partial charge in [0, 0.05) is 5.56 Å². The van der Waals surface area contributed by atoms with E-state index < -0.39 is 29.3 Å². The van der Waals surface area contributed by atoms with E-state index in [-0.39, 0.29) is 5.56 Å². The molecule has 7 heteroatoms. The predicted molar refractivity (Wildman–Crippen MR) is 88.8 cm³/mol. The first-order chi connectivity index (χ1) is 12.5. The number of ether oxygens (including phenoxy) is 2. The third-order valence-corrected chi connectivity index (χ3v) is 4.07. The van der Waals surface area contributed by atoms with Crippen molar-refractivity contribution in [3.8, 4) is 11.5 Å². The maximum Gasteiger partial charge on any atom is 0.197 e. The van der Waals surface area contributed by atoms with Gasteiger partial charge in [0.2, 0.25) is 0 Å². The zero-order valence-corrected chi connectivity index (χ0v) is 13.9. The van der Waals surface area contributed by atoms with E-state index in [0.717, 1.165) is 0 Å². The molecule has 1 N–H and O–H groups in total. The van der Waals surface area contributed by atoms with Crippen molar-refractivity contribution in [2.75, 3.05) is 14.2 Å². The van der Waals surface area contributed by atoms with Crippen molar-refractivity contribution in [2.45, 2.75) is 6.04 Å². The molecule has 0 saturated heterocycles. The summed E-state index contributed by atoms with van der Waals surface area (Å²) in [4.78, 5) is 0. The lowest BCUT2D eigenvalue weighted by molar-refractivity contribution is 0.392. The van der Waals surface area contributed by atoms with Gasteiger partial charge in [-0.05, 0) is 42.1 Å². The summed E-state index contributed by atoms with van der Waals surface area (Å²) >= 11 is 0. The van der Waals surface area contributed by atoms with Crippen molar-refractivity contribution < 1.29 is 27.0 Å². The zero-order chi connectivity index (χ0) is 18.8. The van der Waals surface area contributed by atoms with Crippen LogP contribution in [0.2, 0.25) is 0 Å². The molecule has 3 nitrogen and oxygen atoms in total. The highest BCUT2D eigenvalue weighted by molar-refractivity contribution is 5.82. The lowest BCUT2D eigenvalue weighted by Gasteiger charge is -2.22. The van der Waals surface area contributed by atoms with Gasteiger partial charge in [0.1, 0.15) is 11.5 Å². The van der Waals surface area contributed by atoms with Crippen LogP contribution in [0, 0.1) is 23.3 Å². The highest BCUT2D eigenvalue weighted by Gasteiger charge is 2.25. The van der Waals surface area contributed by atoms with Crippen molar-refractivity contribution >= 4 is 5.57 Å². The van der Waals surface area contributed by atoms with Gasteiger partial charge in [-0.3, -0.25) is 0 Å². The van der Waals surface area contributed by atoms with Crippen LogP contribution in [0.15, 0.2) is 42.6 Å². The van der Waals surface area contributed by atoms with E-state index in [2.05, 4.69) is 5.32 Å². The van der Waals surface area contributed by atoms with Crippen molar-refractivity contribution in [3.05, 3.63) is 77.0 Å². The summed E-state index contributed by atoms with van der Waals surface area (Å²) in [6.07, 6.45) is 4.74. The molecule has 1 aliphatic heterocycles. The van der Waals surface area contributed by atoms with E-state index in [9.17, 15) is 17.6 Å². The van der Waals surface area contributed by atoms with Gasteiger partial charge < -0.3 is 14.8 Å². The van der Waals surface area contributed by atoms with E-state index in [0.29, 0.717) is 28.7 Å². The lowest BCUT2D eigenvalue weighted by atomic mass is 9.95. The van der Waals surface area contributed by atoms with Crippen LogP contribution in [-0.4, -0.2) is 14.2 Å². The van der Waals surface area contributed by atoms with E-state index >= 15 is 0 Å². The van der Waals surface area contributed by atoms with E-state index in [1.54, 1.807) is 30.4 Å². The predicted octanol–water partition coefficient (Wildman–Crippen LogP) is 4.50. The Morgan fingerprint density at radius 1 is 0.923 bits per heavy atom. The van der Waals surface area contributed by atoms with Crippen LogP contribution in [-0.2, 0) is 0 Å². The molecule has 1 unspecified atom stereocenters. The molecule has 0 aliphatic carbocycles. The summed E-state index contributed by atoms with van der Waals surface area (Å²) < 4.78 is 65.1. The summed E-state index contributed by atoms with van der Waals surface area (Å²) in [5.41, 5.74) is 0.841. The second-order valence-corrected chi connectivity index (χ2v) is 5.53. The Labute approximate surface area is 147 Å². The molecule has 136 valence electrons. The van der Waals surface area contributed by atoms with Gasteiger partial charge in [-0.15, -0.1) is 0 Å². The molecule has 0 fully saturated rings. The van der Waals surface area contributed by atoms with Crippen LogP contribution in [0.5, 0.6) is 11.5 Å². The number of hydrogen-bond acceptors (Lipinski definition) is 3. The molecule has 1 aliphatic rings. The molecule has 1 atom stereocenters. The highest BCUT2D eigenvalue weighted by atomic mass is 19.2. The Morgan fingerprint density at radius 3 is 2.19 bits per heavy atom. The molecule has 0 spiro atoms. The number of dihydropyridines is 1. The molecule has 0 bridgehead atoms. The van der Waals surface area contributed by atoms with Crippen molar-refractivity contribution in [1.82, 2.24) is 5.32 Å². The Hall–Kier alpha value is -2.96. The summed E-state index contributed by atoms with van der Waals surface area (Å²) in [6, 6.07) is 4.92. The molecule has 0 aromatic heterocycles. The first-order valence-electron chi connectivity index (χ1n) is 7.66. The normalized spacial score (nSPS) is 16.1. The Bertz CT molecular complexity index is 887. The molecular weight excluding hydrogens is 350 g/mol. The van der Waals surface area contributed by atoms with E-state index in [1.807, 2.05) is 0 Å². The smallest absolute Gasteiger partial charge is 0.197 e. The molecule has 1 heterocycles. The maximum absolute atomic E-state index is 14.1. The standard InChI is InChI=1S/C19H15F4NO2/c1-25-14-4-3-5-15(26-2)16(14)10-6-7-24-13(8-10)11-9-12(20)18(22)19(23)17(11)21/h3-9,13,24H,1-2H3. The number of nitrogens with one attached hydrogen (secondary N) is 1. The third kappa shape index (κ3) is 3.00. The van der Waals surface area contributed by atoms with Gasteiger partial charge in [-0.25, -0.2) is 17.6 Å². The fourth-order valence-corrected chi connectivity index (χ4v) is 2.82. The Morgan fingerprint density at radius 2 is 1.58 bits per heavy atom. The SMILES string of the molecule is COc1cccc(OC)c1C1=CC(c2cc(F)c(F)c(F)c2F)NC=C1. The van der Waals surface area contributed by atoms with Crippen LogP contribution in [0.1, 0.15) is 17.2 Å². The topological polar surface area (TPSA) is 30.5 Å². The van der Waals surface area contributed by atoms with Crippen molar-refractivity contribution in [3.63, 3.8) is 0 Å². The minimum atomic E-state index is -1.85. The number of halogens is 4. The molecule has 2 aromatic rings. The fourth-order valence-electron chi connectivity index (χ4n) is 2.82. The van der Waals surface area contributed by atoms with Gasteiger partial charge in [0.25, 0.3) is 0 Å². The third-order valence-electron chi connectivity index (χ3n) is 4.07. The molecule has 3 rings (SSSR count). The quantitative estimate of drug-likeness (QED) is 0.492. The van der Waals surface area contributed by atoms with Crippen LogP contribution in [0.3, 0.4) is 0 Å². The Balaban J connectivity index is 2.11. The first-order valence-corrected chi connectivity index (χ1v) is 7.66. The average Bonchev–Trinajstić information content (AvgIpc) is 2.68. The molecule has 0 amide bonds. The molecular formula is C19H15F4NO2. The second kappa shape index (κ2) is 7.11. The maximum atomic E-state index is 14.1. The summed E-state index contributed by atoms with van der Waals surface area (Å²) in [6.45, 7) is 0. The summed E-state index contributed by atoms with van der Waals surface area (Å²) in [5, 5.41) is 2.79. The largest absolute Gasteiger partial charge is 0.496 e. The molecule has 2 aromatic carbocycles. The van der Waals surface area contributed by atoms with Crippen molar-refractivity contribution in [1.29, 1.82) is 0 Å². The summed E-state index contributed by atoms with van der Waals surface area (Å²) in [7, 11) is 2.98. The minimum absolute atomic E-state index is 0.350. The van der Waals surface area contributed by atoms with E-state index in [4.69, 9.17) is 9.47 Å². The van der Waals surface area contributed by atoms with Crippen LogP contribution < -0.4 is 14.8 Å². The number of rotatable bonds is 4. The van der Waals surface area contributed by atoms with Crippen LogP contribution in [0.4, 0.5) is 17.6 Å². The zero-order valence-electron chi connectivity index (χ0n) is 13.9. The van der Waals surface area contributed by atoms with Gasteiger partial charge in [0.05, 0.1) is 25.8 Å². The number of allylic oxidation sites excluding steroid dienone is 2. The van der Waals surface area contributed by atoms with Crippen molar-refractivity contribution in [2.24, 2.45) is 0 Å². The van der Waals surface area contributed by atoms with Crippen LogP contribution in [0.25, 0.3) is 5.57 Å². The molecule has 0 radical (unpaired) electrons. The minimum Gasteiger partial charge on any atom is -0.496 e. The van der Waals surface area contributed by atoms with Gasteiger partial charge >= 0.3 is 0 Å². The first kappa shape index (κ1) is 17.8. The van der Waals surface area contributed by atoms with E-state index in [1.165, 1.54) is 20.4 Å². The number of hydrogen-bond donors (Lipinski definition) is 1. The lowest BCUT2D eigenvalue weighted by Crippen LogP contribution is -2.19. The number of benzene rings is 2. The number of methoxy groups -OCH3 is 2. The van der Waals surface area contributed by atoms with Gasteiger partial charge in [0.15, 0.2) is 23.3 Å².